The maximum absolute atomic E-state index is 11.4. The summed E-state index contributed by atoms with van der Waals surface area (Å²) in [5, 5.41) is 9.38. The molecule has 4 nitrogen and oxygen atoms in total. The Morgan fingerprint density at radius 2 is 1.65 bits per heavy atom. The zero-order chi connectivity index (χ0) is 13.4. The van der Waals surface area contributed by atoms with E-state index < -0.39 is 17.4 Å². The van der Waals surface area contributed by atoms with Crippen molar-refractivity contribution in [1.29, 1.82) is 0 Å². The van der Waals surface area contributed by atoms with Gasteiger partial charge in [0, 0.05) is 23.5 Å². The zero-order valence-electron chi connectivity index (χ0n) is 10.9. The van der Waals surface area contributed by atoms with E-state index in [2.05, 4.69) is 0 Å². The van der Waals surface area contributed by atoms with Crippen molar-refractivity contribution in [1.82, 2.24) is 4.57 Å². The minimum atomic E-state index is -0.882. The van der Waals surface area contributed by atoms with E-state index in [-0.39, 0.29) is 5.43 Å². The van der Waals surface area contributed by atoms with Gasteiger partial charge in [0.2, 0.25) is 0 Å². The molecule has 1 rings (SSSR count). The van der Waals surface area contributed by atoms with Crippen LogP contribution < -0.4 is 5.43 Å². The molecule has 1 aromatic heterocycles. The molecule has 0 aromatic carbocycles. The number of aromatic nitrogens is 1. The smallest absolute Gasteiger partial charge is 0.327 e. The van der Waals surface area contributed by atoms with E-state index in [4.69, 9.17) is 0 Å². The lowest BCUT2D eigenvalue weighted by molar-refractivity contribution is -0.144. The molecule has 1 heterocycles. The van der Waals surface area contributed by atoms with E-state index in [9.17, 15) is 14.7 Å². The zero-order valence-corrected chi connectivity index (χ0v) is 10.9. The topological polar surface area (TPSA) is 59.3 Å². The number of carboxylic acid groups (broad SMARTS) is 1. The second-order valence-corrected chi connectivity index (χ2v) is 5.45. The molecule has 0 radical (unpaired) electrons. The van der Waals surface area contributed by atoms with E-state index in [1.54, 1.807) is 18.4 Å². The van der Waals surface area contributed by atoms with Crippen LogP contribution in [0.2, 0.25) is 0 Å². The van der Waals surface area contributed by atoms with Crippen molar-refractivity contribution in [2.24, 2.45) is 5.41 Å². The Bertz CT molecular complexity index is 468. The molecule has 94 valence electrons. The summed E-state index contributed by atoms with van der Waals surface area (Å²) in [4.78, 5) is 22.8. The van der Waals surface area contributed by atoms with Gasteiger partial charge in [-0.1, -0.05) is 20.8 Å². The van der Waals surface area contributed by atoms with Crippen LogP contribution in [-0.2, 0) is 4.79 Å². The molecule has 0 saturated carbocycles. The number of nitrogens with zero attached hydrogens (tertiary/aromatic N) is 1. The van der Waals surface area contributed by atoms with Gasteiger partial charge in [0.05, 0.1) is 0 Å². The largest absolute Gasteiger partial charge is 0.480 e. The number of pyridine rings is 1. The maximum atomic E-state index is 11.4. The lowest BCUT2D eigenvalue weighted by Crippen LogP contribution is -2.34. The number of carboxylic acids is 1. The summed E-state index contributed by atoms with van der Waals surface area (Å²) in [7, 11) is 0. The standard InChI is InChI=1S/C13H19NO3/c1-8-6-10(15)7-9(2)14(8)11(12(16)17)13(3,4)5/h6-7,11H,1-5H3,(H,16,17). The van der Waals surface area contributed by atoms with Crippen LogP contribution >= 0.6 is 0 Å². The molecule has 0 bridgehead atoms. The Morgan fingerprint density at radius 3 is 1.94 bits per heavy atom. The third kappa shape index (κ3) is 2.75. The molecular weight excluding hydrogens is 218 g/mol. The first-order valence-corrected chi connectivity index (χ1v) is 5.57. The summed E-state index contributed by atoms with van der Waals surface area (Å²) in [6.45, 7) is 9.15. The summed E-state index contributed by atoms with van der Waals surface area (Å²) < 4.78 is 1.71. The first kappa shape index (κ1) is 13.5. The van der Waals surface area contributed by atoms with Crippen molar-refractivity contribution in [2.75, 3.05) is 0 Å². The second-order valence-electron chi connectivity index (χ2n) is 5.45. The van der Waals surface area contributed by atoms with Gasteiger partial charge in [0.15, 0.2) is 5.43 Å². The van der Waals surface area contributed by atoms with Crippen LogP contribution in [-0.4, -0.2) is 15.6 Å². The molecule has 0 spiro atoms. The van der Waals surface area contributed by atoms with Crippen molar-refractivity contribution >= 4 is 5.97 Å². The first-order valence-electron chi connectivity index (χ1n) is 5.57. The molecule has 0 saturated heterocycles. The summed E-state index contributed by atoms with van der Waals surface area (Å²) in [5.41, 5.74) is 0.847. The van der Waals surface area contributed by atoms with Gasteiger partial charge in [-0.15, -0.1) is 0 Å². The van der Waals surface area contributed by atoms with Gasteiger partial charge >= 0.3 is 5.97 Å². The third-order valence-corrected chi connectivity index (χ3v) is 2.77. The van der Waals surface area contributed by atoms with Gasteiger partial charge < -0.3 is 9.67 Å². The minimum absolute atomic E-state index is 0.0886. The summed E-state index contributed by atoms with van der Waals surface area (Å²) in [6.07, 6.45) is 0. The van der Waals surface area contributed by atoms with Crippen molar-refractivity contribution in [3.05, 3.63) is 33.7 Å². The Labute approximate surface area is 101 Å². The number of rotatable bonds is 2. The highest BCUT2D eigenvalue weighted by atomic mass is 16.4. The highest BCUT2D eigenvalue weighted by Crippen LogP contribution is 2.32. The summed E-state index contributed by atoms with van der Waals surface area (Å²) in [5.74, 6) is -0.882. The third-order valence-electron chi connectivity index (χ3n) is 2.77. The number of aryl methyl sites for hydroxylation is 2. The van der Waals surface area contributed by atoms with Crippen LogP contribution in [0, 0.1) is 19.3 Å². The van der Waals surface area contributed by atoms with Crippen molar-refractivity contribution < 1.29 is 9.90 Å². The fourth-order valence-corrected chi connectivity index (χ4v) is 2.15. The monoisotopic (exact) mass is 237 g/mol. The van der Waals surface area contributed by atoms with Crippen molar-refractivity contribution in [2.45, 2.75) is 40.7 Å². The first-order chi connectivity index (χ1) is 7.64. The average molecular weight is 237 g/mol. The Kier molecular flexibility index (Phi) is 3.45. The van der Waals surface area contributed by atoms with Crippen LogP contribution in [0.4, 0.5) is 0 Å². The fourth-order valence-electron chi connectivity index (χ4n) is 2.15. The molecule has 1 atom stereocenters. The Morgan fingerprint density at radius 1 is 1.24 bits per heavy atom. The lowest BCUT2D eigenvalue weighted by atomic mass is 9.86. The van der Waals surface area contributed by atoms with Crippen molar-refractivity contribution in [3.8, 4) is 0 Å². The predicted octanol–water partition coefficient (Wildman–Crippen LogP) is 2.14. The summed E-state index contributed by atoms with van der Waals surface area (Å²) >= 11 is 0. The van der Waals surface area contributed by atoms with E-state index in [1.807, 2.05) is 20.8 Å². The van der Waals surface area contributed by atoms with Gasteiger partial charge in [0.25, 0.3) is 0 Å². The molecular formula is C13H19NO3. The molecule has 0 amide bonds. The SMILES string of the molecule is Cc1cc(=O)cc(C)n1C(C(=O)O)C(C)(C)C. The second kappa shape index (κ2) is 4.35. The van der Waals surface area contributed by atoms with Gasteiger partial charge in [-0.25, -0.2) is 4.79 Å². The number of hydrogen-bond acceptors (Lipinski definition) is 2. The fraction of sp³-hybridized carbons (Fsp3) is 0.538. The normalized spacial score (nSPS) is 13.5. The molecule has 1 N–H and O–H groups in total. The van der Waals surface area contributed by atoms with Crippen LogP contribution in [0.3, 0.4) is 0 Å². The maximum Gasteiger partial charge on any atom is 0.327 e. The number of carbonyl (C=O) groups is 1. The number of hydrogen-bond donors (Lipinski definition) is 1. The predicted molar refractivity (Wildman–Crippen MR) is 66.3 cm³/mol. The van der Waals surface area contributed by atoms with Gasteiger partial charge in [-0.2, -0.15) is 0 Å². The molecule has 0 fully saturated rings. The van der Waals surface area contributed by atoms with Crippen LogP contribution in [0.25, 0.3) is 0 Å². The highest BCUT2D eigenvalue weighted by Gasteiger charge is 2.33. The molecule has 17 heavy (non-hydrogen) atoms. The van der Waals surface area contributed by atoms with Gasteiger partial charge in [-0.05, 0) is 19.3 Å². The average Bonchev–Trinajstić information content (AvgIpc) is 2.07. The molecule has 1 aromatic rings. The quantitative estimate of drug-likeness (QED) is 0.857. The van der Waals surface area contributed by atoms with Crippen LogP contribution in [0.1, 0.15) is 38.2 Å². The minimum Gasteiger partial charge on any atom is -0.480 e. The summed E-state index contributed by atoms with van der Waals surface area (Å²) in [6, 6.07) is 2.26. The number of aliphatic carboxylic acids is 1. The Balaban J connectivity index is 3.50. The molecule has 1 unspecified atom stereocenters. The van der Waals surface area contributed by atoms with Gasteiger partial charge in [0.1, 0.15) is 6.04 Å². The van der Waals surface area contributed by atoms with Crippen LogP contribution in [0.15, 0.2) is 16.9 Å². The van der Waals surface area contributed by atoms with Crippen molar-refractivity contribution in [3.63, 3.8) is 0 Å². The molecule has 0 aliphatic heterocycles. The Hall–Kier alpha value is -1.58. The van der Waals surface area contributed by atoms with Gasteiger partial charge in [-0.3, -0.25) is 4.79 Å². The highest BCUT2D eigenvalue weighted by molar-refractivity contribution is 5.73. The van der Waals surface area contributed by atoms with E-state index in [0.29, 0.717) is 11.4 Å². The van der Waals surface area contributed by atoms with E-state index in [0.717, 1.165) is 0 Å². The lowest BCUT2D eigenvalue weighted by Gasteiger charge is -2.32. The molecule has 4 heteroatoms. The van der Waals surface area contributed by atoms with E-state index >= 15 is 0 Å². The molecule has 0 aliphatic rings. The molecule has 0 aliphatic carbocycles. The van der Waals surface area contributed by atoms with E-state index in [1.165, 1.54) is 12.1 Å². The van der Waals surface area contributed by atoms with Crippen LogP contribution in [0.5, 0.6) is 0 Å².